The van der Waals surface area contributed by atoms with Crippen molar-refractivity contribution in [3.63, 3.8) is 0 Å². The minimum atomic E-state index is -2.17. The van der Waals surface area contributed by atoms with Gasteiger partial charge in [-0.2, -0.15) is 0 Å². The number of halogens is 1. The minimum absolute atomic E-state index is 0.0193. The van der Waals surface area contributed by atoms with Crippen LogP contribution in [0.5, 0.6) is 0 Å². The molecule has 0 aromatic heterocycles. The summed E-state index contributed by atoms with van der Waals surface area (Å²) in [5.41, 5.74) is 0. The molecule has 3 nitrogen and oxygen atoms in total. The molecule has 0 saturated heterocycles. The quantitative estimate of drug-likeness (QED) is 0.370. The second kappa shape index (κ2) is 8.47. The summed E-state index contributed by atoms with van der Waals surface area (Å²) < 4.78 is 32.1. The zero-order valence-corrected chi connectivity index (χ0v) is 14.1. The van der Waals surface area contributed by atoms with E-state index in [1.165, 1.54) is 6.08 Å². The summed E-state index contributed by atoms with van der Waals surface area (Å²) in [5.74, 6) is 3.78. The van der Waals surface area contributed by atoms with Crippen LogP contribution in [0, 0.1) is 0 Å². The fourth-order valence-corrected chi connectivity index (χ4v) is 2.62. The summed E-state index contributed by atoms with van der Waals surface area (Å²) in [5, 5.41) is 0. The highest BCUT2D eigenvalue weighted by molar-refractivity contribution is 7.97. The third-order valence-electron chi connectivity index (χ3n) is 3.24. The first-order valence-electron chi connectivity index (χ1n) is 6.84. The van der Waals surface area contributed by atoms with Crippen LogP contribution < -0.4 is 0 Å². The molecule has 0 rings (SSSR count). The lowest BCUT2D eigenvalue weighted by Gasteiger charge is -2.27. The predicted molar refractivity (Wildman–Crippen MR) is 86.8 cm³/mol. The lowest BCUT2D eigenvalue weighted by molar-refractivity contribution is 0.111. The van der Waals surface area contributed by atoms with Gasteiger partial charge in [0.2, 0.25) is 0 Å². The second-order valence-corrected chi connectivity index (χ2v) is 7.77. The first-order valence-corrected chi connectivity index (χ1v) is 8.94. The van der Waals surface area contributed by atoms with E-state index in [1.54, 1.807) is 10.6 Å². The smallest absolute Gasteiger partial charge is 0.119 e. The third-order valence-corrected chi connectivity index (χ3v) is 4.82. The van der Waals surface area contributed by atoms with Crippen molar-refractivity contribution >= 4 is 15.6 Å². The molecule has 0 radical (unpaired) electrons. The third kappa shape index (κ3) is 7.70. The molecule has 20 heavy (non-hydrogen) atoms. The van der Waals surface area contributed by atoms with Crippen LogP contribution in [0.4, 0.5) is 4.39 Å². The second-order valence-electron chi connectivity index (χ2n) is 5.27. The van der Waals surface area contributed by atoms with Crippen molar-refractivity contribution in [2.24, 2.45) is 0 Å². The first kappa shape index (κ1) is 19.2. The fraction of sp³-hybridized carbons (Fsp3) is 0.667. The number of nitrogens with zero attached hydrogens (tertiary/aromatic N) is 1. The number of ether oxygens (including phenoxy) is 1. The Morgan fingerprint density at radius 2 is 2.00 bits per heavy atom. The molecule has 0 bridgehead atoms. The van der Waals surface area contributed by atoms with Gasteiger partial charge in [0.1, 0.15) is 5.83 Å². The van der Waals surface area contributed by atoms with Crippen molar-refractivity contribution in [2.45, 2.75) is 52.2 Å². The molecule has 3 unspecified atom stereocenters. The van der Waals surface area contributed by atoms with E-state index >= 15 is 0 Å². The molecule has 118 valence electrons. The molecular formula is C15H28FNO2S. The topological polar surface area (TPSA) is 29.5 Å². The van der Waals surface area contributed by atoms with Gasteiger partial charge in [-0.15, -0.1) is 0 Å². The van der Waals surface area contributed by atoms with Crippen molar-refractivity contribution in [3.8, 4) is 0 Å². The molecule has 0 amide bonds. The minimum Gasteiger partial charge on any atom is -0.495 e. The van der Waals surface area contributed by atoms with Crippen LogP contribution in [0.3, 0.4) is 0 Å². The molecule has 0 aromatic carbocycles. The molecule has 0 N–H and O–H groups in total. The van der Waals surface area contributed by atoms with Gasteiger partial charge in [-0.05, 0) is 39.6 Å². The van der Waals surface area contributed by atoms with E-state index in [2.05, 4.69) is 12.4 Å². The number of hydrogen-bond acceptors (Lipinski definition) is 2. The van der Waals surface area contributed by atoms with Crippen molar-refractivity contribution in [2.75, 3.05) is 13.3 Å². The maximum Gasteiger partial charge on any atom is 0.119 e. The molecule has 0 aromatic rings. The van der Waals surface area contributed by atoms with E-state index in [1.807, 2.05) is 27.8 Å². The average Bonchev–Trinajstić information content (AvgIpc) is 2.32. The van der Waals surface area contributed by atoms with Gasteiger partial charge >= 0.3 is 0 Å². The summed E-state index contributed by atoms with van der Waals surface area (Å²) in [6.07, 6.45) is 5.21. The molecule has 0 aliphatic heterocycles. The average molecular weight is 305 g/mol. The molecule has 0 fully saturated rings. The van der Waals surface area contributed by atoms with E-state index in [4.69, 9.17) is 4.74 Å². The lowest BCUT2D eigenvalue weighted by Crippen LogP contribution is -2.34. The Morgan fingerprint density at radius 3 is 2.40 bits per heavy atom. The van der Waals surface area contributed by atoms with Gasteiger partial charge in [-0.1, -0.05) is 13.5 Å². The summed E-state index contributed by atoms with van der Waals surface area (Å²) in [6.45, 7) is 9.08. The van der Waals surface area contributed by atoms with Crippen LogP contribution in [-0.2, 0) is 14.4 Å². The molecule has 0 saturated carbocycles. The van der Waals surface area contributed by atoms with Gasteiger partial charge in [0.15, 0.2) is 0 Å². The van der Waals surface area contributed by atoms with Gasteiger partial charge in [-0.3, -0.25) is 4.21 Å². The van der Waals surface area contributed by atoms with Gasteiger partial charge in [0.05, 0.1) is 11.9 Å². The monoisotopic (exact) mass is 305 g/mol. The van der Waals surface area contributed by atoms with E-state index in [9.17, 15) is 8.60 Å². The van der Waals surface area contributed by atoms with Gasteiger partial charge in [-0.25, -0.2) is 8.70 Å². The SMILES string of the molecule is C=C(F)/C=C(\CC)OC(C)CCC(C)N(C)S(=C)(C)=O. The molecule has 5 heteroatoms. The number of allylic oxidation sites excluding steroid dienone is 3. The van der Waals surface area contributed by atoms with Crippen molar-refractivity contribution in [3.05, 3.63) is 24.2 Å². The molecular weight excluding hydrogens is 277 g/mol. The largest absolute Gasteiger partial charge is 0.495 e. The van der Waals surface area contributed by atoms with Crippen LogP contribution in [-0.4, -0.2) is 39.8 Å². The summed E-state index contributed by atoms with van der Waals surface area (Å²) in [6, 6.07) is 0.154. The Bertz CT molecular complexity index is 443. The lowest BCUT2D eigenvalue weighted by atomic mass is 10.1. The maximum atomic E-state index is 12.7. The zero-order chi connectivity index (χ0) is 15.9. The van der Waals surface area contributed by atoms with Crippen LogP contribution in [0.2, 0.25) is 0 Å². The van der Waals surface area contributed by atoms with Crippen molar-refractivity contribution in [1.82, 2.24) is 4.31 Å². The zero-order valence-electron chi connectivity index (χ0n) is 13.3. The molecule has 0 spiro atoms. The summed E-state index contributed by atoms with van der Waals surface area (Å²) in [7, 11) is -0.358. The maximum absolute atomic E-state index is 12.7. The Balaban J connectivity index is 4.36. The number of rotatable bonds is 9. The van der Waals surface area contributed by atoms with Crippen LogP contribution in [0.1, 0.15) is 40.0 Å². The van der Waals surface area contributed by atoms with Gasteiger partial charge in [0.25, 0.3) is 0 Å². The normalized spacial score (nSPS) is 18.4. The first-order chi connectivity index (χ1) is 9.07. The van der Waals surface area contributed by atoms with E-state index in [0.717, 1.165) is 12.8 Å². The van der Waals surface area contributed by atoms with Gasteiger partial charge in [0, 0.05) is 34.5 Å². The van der Waals surface area contributed by atoms with Crippen LogP contribution >= 0.6 is 0 Å². The number of hydrogen-bond donors (Lipinski definition) is 0. The molecule has 3 atom stereocenters. The van der Waals surface area contributed by atoms with Crippen LogP contribution in [0.15, 0.2) is 24.2 Å². The molecule has 0 aliphatic rings. The standard InChI is InChI=1S/C15H28FNO2S/c1-8-15(11-12(2)16)19-14(4)10-9-13(3)17(5)20(6,7)18/h11,13-14H,2,6,8-10H2,1,3-5,7H3/b15-11+. The molecule has 0 heterocycles. The Morgan fingerprint density at radius 1 is 1.45 bits per heavy atom. The highest BCUT2D eigenvalue weighted by atomic mass is 32.2. The van der Waals surface area contributed by atoms with E-state index in [0.29, 0.717) is 12.2 Å². The van der Waals surface area contributed by atoms with Crippen LogP contribution in [0.25, 0.3) is 0 Å². The van der Waals surface area contributed by atoms with Gasteiger partial charge < -0.3 is 4.74 Å². The summed E-state index contributed by atoms with van der Waals surface area (Å²) in [4.78, 5) is 0. The Kier molecular flexibility index (Phi) is 8.13. The Labute approximate surface area is 123 Å². The highest BCUT2D eigenvalue weighted by Crippen LogP contribution is 2.16. The molecule has 0 aliphatic carbocycles. The predicted octanol–water partition coefficient (Wildman–Crippen LogP) is 3.53. The summed E-state index contributed by atoms with van der Waals surface area (Å²) >= 11 is 0. The van der Waals surface area contributed by atoms with Crippen molar-refractivity contribution in [1.29, 1.82) is 0 Å². The Hall–Kier alpha value is -0.810. The highest BCUT2D eigenvalue weighted by Gasteiger charge is 2.16. The van der Waals surface area contributed by atoms with E-state index in [-0.39, 0.29) is 12.1 Å². The van der Waals surface area contributed by atoms with Crippen molar-refractivity contribution < 1.29 is 13.3 Å². The van der Waals surface area contributed by atoms with E-state index < -0.39 is 15.5 Å². The fourth-order valence-electron chi connectivity index (χ4n) is 1.75.